The zero-order chi connectivity index (χ0) is 17.1. The van der Waals surface area contributed by atoms with Crippen molar-refractivity contribution < 1.29 is 9.47 Å². The molecule has 0 aromatic rings. The molecule has 2 aliphatic rings. The normalized spacial score (nSPS) is 27.9. The fourth-order valence-electron chi connectivity index (χ4n) is 3.81. The van der Waals surface area contributed by atoms with Gasteiger partial charge in [0.25, 0.3) is 0 Å². The Morgan fingerprint density at radius 2 is 1.52 bits per heavy atom. The van der Waals surface area contributed by atoms with Crippen molar-refractivity contribution in [2.45, 2.75) is 91.5 Å². The first kappa shape index (κ1) is 19.2. The van der Waals surface area contributed by atoms with Gasteiger partial charge in [0.05, 0.1) is 17.8 Å². The Bertz CT molecular complexity index is 342. The van der Waals surface area contributed by atoms with E-state index in [9.17, 15) is 0 Å². The van der Waals surface area contributed by atoms with Crippen LogP contribution >= 0.6 is 0 Å². The van der Waals surface area contributed by atoms with Crippen LogP contribution in [0.3, 0.4) is 0 Å². The van der Waals surface area contributed by atoms with Gasteiger partial charge in [0.15, 0.2) is 0 Å². The van der Waals surface area contributed by atoms with E-state index in [1.807, 2.05) is 0 Å². The van der Waals surface area contributed by atoms with Crippen LogP contribution in [-0.2, 0) is 9.47 Å². The van der Waals surface area contributed by atoms with Gasteiger partial charge >= 0.3 is 0 Å². The Labute approximate surface area is 144 Å². The van der Waals surface area contributed by atoms with E-state index in [-0.39, 0.29) is 5.60 Å². The van der Waals surface area contributed by atoms with E-state index in [2.05, 4.69) is 46.4 Å². The topological polar surface area (TPSA) is 21.7 Å². The summed E-state index contributed by atoms with van der Waals surface area (Å²) in [7, 11) is 0. The second-order valence-corrected chi connectivity index (χ2v) is 9.65. The van der Waals surface area contributed by atoms with Crippen molar-refractivity contribution in [3.05, 3.63) is 0 Å². The standard InChI is InChI=1S/C20H39NO2/c1-19(2,3)16-8-11-21(12-9-16)10-7-13-22-17-14-18(15-17)23-20(4,5)6/h16-18H,7-15H2,1-6H3. The van der Waals surface area contributed by atoms with E-state index in [0.717, 1.165) is 25.4 Å². The SMILES string of the molecule is CC(C)(C)OC1CC(OCCCN2CCC(C(C)(C)C)CC2)C1. The Hall–Kier alpha value is -0.120. The number of hydrogen-bond donors (Lipinski definition) is 0. The molecule has 23 heavy (non-hydrogen) atoms. The lowest BCUT2D eigenvalue weighted by Crippen LogP contribution is -2.42. The van der Waals surface area contributed by atoms with Crippen LogP contribution in [-0.4, -0.2) is 49.0 Å². The highest BCUT2D eigenvalue weighted by Crippen LogP contribution is 2.34. The summed E-state index contributed by atoms with van der Waals surface area (Å²) in [6, 6.07) is 0. The molecule has 3 heteroatoms. The maximum absolute atomic E-state index is 5.98. The molecule has 0 unspecified atom stereocenters. The number of likely N-dealkylation sites (tertiary alicyclic amines) is 1. The highest BCUT2D eigenvalue weighted by Gasteiger charge is 2.33. The lowest BCUT2D eigenvalue weighted by atomic mass is 9.75. The number of nitrogens with zero attached hydrogens (tertiary/aromatic N) is 1. The van der Waals surface area contributed by atoms with Crippen LogP contribution in [0.4, 0.5) is 0 Å². The van der Waals surface area contributed by atoms with Gasteiger partial charge in [-0.1, -0.05) is 20.8 Å². The summed E-state index contributed by atoms with van der Waals surface area (Å²) in [5.74, 6) is 0.893. The number of hydrogen-bond acceptors (Lipinski definition) is 3. The molecule has 0 aromatic carbocycles. The van der Waals surface area contributed by atoms with Crippen LogP contribution in [0.25, 0.3) is 0 Å². The van der Waals surface area contributed by atoms with Crippen molar-refractivity contribution in [1.29, 1.82) is 0 Å². The molecule has 2 fully saturated rings. The van der Waals surface area contributed by atoms with E-state index < -0.39 is 0 Å². The summed E-state index contributed by atoms with van der Waals surface area (Å²) in [6.07, 6.45) is 6.90. The van der Waals surface area contributed by atoms with Gasteiger partial charge in [0, 0.05) is 13.2 Å². The minimum absolute atomic E-state index is 0.0190. The van der Waals surface area contributed by atoms with Crippen molar-refractivity contribution in [2.24, 2.45) is 11.3 Å². The molecule has 0 bridgehead atoms. The zero-order valence-corrected chi connectivity index (χ0v) is 16.4. The number of piperidine rings is 1. The van der Waals surface area contributed by atoms with Crippen molar-refractivity contribution in [2.75, 3.05) is 26.2 Å². The van der Waals surface area contributed by atoms with Crippen LogP contribution < -0.4 is 0 Å². The maximum atomic E-state index is 5.98. The minimum Gasteiger partial charge on any atom is -0.378 e. The second kappa shape index (κ2) is 7.84. The smallest absolute Gasteiger partial charge is 0.0631 e. The van der Waals surface area contributed by atoms with Crippen molar-refractivity contribution in [1.82, 2.24) is 4.90 Å². The molecule has 0 amide bonds. The third-order valence-electron chi connectivity index (χ3n) is 5.36. The first-order valence-corrected chi connectivity index (χ1v) is 9.65. The van der Waals surface area contributed by atoms with Gasteiger partial charge in [-0.3, -0.25) is 0 Å². The Balaban J connectivity index is 1.48. The first-order chi connectivity index (χ1) is 10.6. The van der Waals surface area contributed by atoms with Gasteiger partial charge in [0.2, 0.25) is 0 Å². The van der Waals surface area contributed by atoms with Crippen LogP contribution in [0.2, 0.25) is 0 Å². The average Bonchev–Trinajstić information content (AvgIpc) is 2.38. The van der Waals surface area contributed by atoms with Gasteiger partial charge < -0.3 is 14.4 Å². The van der Waals surface area contributed by atoms with Gasteiger partial charge in [-0.15, -0.1) is 0 Å². The summed E-state index contributed by atoms with van der Waals surface area (Å²) in [5, 5.41) is 0. The van der Waals surface area contributed by atoms with Gasteiger partial charge in [0.1, 0.15) is 0 Å². The summed E-state index contributed by atoms with van der Waals surface area (Å²) in [4.78, 5) is 2.62. The van der Waals surface area contributed by atoms with Crippen LogP contribution in [0, 0.1) is 11.3 Å². The lowest BCUT2D eigenvalue weighted by molar-refractivity contribution is -0.149. The second-order valence-electron chi connectivity index (χ2n) is 9.65. The van der Waals surface area contributed by atoms with Gasteiger partial charge in [-0.2, -0.15) is 0 Å². The number of ether oxygens (including phenoxy) is 2. The molecule has 136 valence electrons. The average molecular weight is 326 g/mol. The van der Waals surface area contributed by atoms with E-state index in [0.29, 0.717) is 17.6 Å². The molecule has 1 aliphatic carbocycles. The number of rotatable bonds is 6. The van der Waals surface area contributed by atoms with E-state index in [1.165, 1.54) is 38.9 Å². The molecular formula is C20H39NO2. The molecule has 1 saturated carbocycles. The fourth-order valence-corrected chi connectivity index (χ4v) is 3.81. The molecule has 0 aromatic heterocycles. The lowest BCUT2D eigenvalue weighted by Gasteiger charge is -2.40. The first-order valence-electron chi connectivity index (χ1n) is 9.65. The molecular weight excluding hydrogens is 286 g/mol. The third kappa shape index (κ3) is 6.72. The Kier molecular flexibility index (Phi) is 6.55. The molecule has 1 heterocycles. The minimum atomic E-state index is -0.0190. The van der Waals surface area contributed by atoms with Crippen molar-refractivity contribution >= 4 is 0 Å². The summed E-state index contributed by atoms with van der Waals surface area (Å²) < 4.78 is 11.9. The van der Waals surface area contributed by atoms with Crippen LogP contribution in [0.1, 0.15) is 73.6 Å². The fraction of sp³-hybridized carbons (Fsp3) is 1.00. The van der Waals surface area contributed by atoms with Crippen molar-refractivity contribution in [3.63, 3.8) is 0 Å². The predicted octanol–water partition coefficient (Wildman–Crippen LogP) is 4.50. The molecule has 0 spiro atoms. The highest BCUT2D eigenvalue weighted by molar-refractivity contribution is 4.83. The third-order valence-corrected chi connectivity index (χ3v) is 5.36. The summed E-state index contributed by atoms with van der Waals surface area (Å²) in [6.45, 7) is 18.2. The monoisotopic (exact) mass is 325 g/mol. The molecule has 1 aliphatic heterocycles. The zero-order valence-electron chi connectivity index (χ0n) is 16.4. The highest BCUT2D eigenvalue weighted by atomic mass is 16.5. The molecule has 3 nitrogen and oxygen atoms in total. The van der Waals surface area contributed by atoms with Crippen molar-refractivity contribution in [3.8, 4) is 0 Å². The predicted molar refractivity (Wildman–Crippen MR) is 96.8 cm³/mol. The maximum Gasteiger partial charge on any atom is 0.0631 e. The molecule has 1 saturated heterocycles. The molecule has 0 atom stereocenters. The van der Waals surface area contributed by atoms with E-state index >= 15 is 0 Å². The summed E-state index contributed by atoms with van der Waals surface area (Å²) in [5.41, 5.74) is 0.458. The van der Waals surface area contributed by atoms with E-state index in [1.54, 1.807) is 0 Å². The Morgan fingerprint density at radius 1 is 0.913 bits per heavy atom. The molecule has 0 radical (unpaired) electrons. The molecule has 0 N–H and O–H groups in total. The van der Waals surface area contributed by atoms with Crippen LogP contribution in [0.5, 0.6) is 0 Å². The Morgan fingerprint density at radius 3 is 2.04 bits per heavy atom. The van der Waals surface area contributed by atoms with E-state index in [4.69, 9.17) is 9.47 Å². The van der Waals surface area contributed by atoms with Crippen LogP contribution in [0.15, 0.2) is 0 Å². The quantitative estimate of drug-likeness (QED) is 0.671. The summed E-state index contributed by atoms with van der Waals surface area (Å²) >= 11 is 0. The van der Waals surface area contributed by atoms with Gasteiger partial charge in [-0.05, 0) is 77.3 Å². The molecule has 2 rings (SSSR count). The van der Waals surface area contributed by atoms with Gasteiger partial charge in [-0.25, -0.2) is 0 Å². The largest absolute Gasteiger partial charge is 0.378 e.